The monoisotopic (exact) mass is 209 g/mol. The molecule has 0 aliphatic rings. The second-order valence-electron chi connectivity index (χ2n) is 3.38. The summed E-state index contributed by atoms with van der Waals surface area (Å²) in [7, 11) is 1.41. The molecule has 80 valence electrons. The molecule has 0 fully saturated rings. The van der Waals surface area contributed by atoms with E-state index in [0.717, 1.165) is 12.8 Å². The summed E-state index contributed by atoms with van der Waals surface area (Å²) in [6.45, 7) is 4.17. The Bertz CT molecular complexity index is 140. The molecule has 1 unspecified atom stereocenters. The molecule has 0 aliphatic carbocycles. The molecule has 0 radical (unpaired) electrons. The van der Waals surface area contributed by atoms with E-state index < -0.39 is 0 Å². The zero-order valence-corrected chi connectivity index (χ0v) is 9.39. The topological polar surface area (TPSA) is 52.3 Å². The normalized spacial score (nSPS) is 12.1. The molecule has 0 heterocycles. The van der Waals surface area contributed by atoms with E-state index in [9.17, 15) is 4.79 Å². The lowest BCUT2D eigenvalue weighted by Gasteiger charge is -2.14. The first kappa shape index (κ1) is 15.2. The minimum Gasteiger partial charge on any atom is -0.469 e. The maximum atomic E-state index is 10.7. The Balaban J connectivity index is 0. The van der Waals surface area contributed by atoms with Crippen LogP contribution in [0.15, 0.2) is 0 Å². The second-order valence-corrected chi connectivity index (χ2v) is 3.38. The van der Waals surface area contributed by atoms with E-state index >= 15 is 0 Å². The van der Waals surface area contributed by atoms with Crippen LogP contribution in [0.4, 0.5) is 0 Å². The fraction of sp³-hybridized carbons (Fsp3) is 0.889. The van der Waals surface area contributed by atoms with Crippen molar-refractivity contribution in [2.45, 2.75) is 39.2 Å². The number of nitrogens with two attached hydrogens (primary N) is 1. The highest BCUT2D eigenvalue weighted by atomic mass is 35.5. The van der Waals surface area contributed by atoms with E-state index in [1.165, 1.54) is 7.11 Å². The van der Waals surface area contributed by atoms with E-state index in [1.54, 1.807) is 0 Å². The summed E-state index contributed by atoms with van der Waals surface area (Å²) in [6, 6.07) is 0.203. The summed E-state index contributed by atoms with van der Waals surface area (Å²) in [5.41, 5.74) is 5.79. The average Bonchev–Trinajstić information content (AvgIpc) is 2.03. The van der Waals surface area contributed by atoms with Crippen molar-refractivity contribution < 1.29 is 9.53 Å². The van der Waals surface area contributed by atoms with E-state index in [-0.39, 0.29) is 24.4 Å². The Labute approximate surface area is 86.4 Å². The number of ether oxygens (including phenoxy) is 1. The van der Waals surface area contributed by atoms with Gasteiger partial charge in [0.15, 0.2) is 0 Å². The van der Waals surface area contributed by atoms with Gasteiger partial charge in [0, 0.05) is 12.5 Å². The first-order valence-corrected chi connectivity index (χ1v) is 4.40. The molecule has 1 atom stereocenters. The van der Waals surface area contributed by atoms with Crippen LogP contribution in [0.1, 0.15) is 33.1 Å². The third-order valence-corrected chi connectivity index (χ3v) is 2.00. The van der Waals surface area contributed by atoms with Crippen LogP contribution in [0, 0.1) is 5.92 Å². The lowest BCUT2D eigenvalue weighted by molar-refractivity contribution is -0.140. The number of rotatable bonds is 5. The van der Waals surface area contributed by atoms with Gasteiger partial charge in [-0.3, -0.25) is 4.79 Å². The molecule has 2 N–H and O–H groups in total. The number of halogens is 1. The molecule has 0 amide bonds. The molecule has 13 heavy (non-hydrogen) atoms. The maximum absolute atomic E-state index is 10.7. The molecular formula is C9H20ClNO2. The summed E-state index contributed by atoms with van der Waals surface area (Å²) < 4.78 is 4.51. The van der Waals surface area contributed by atoms with Gasteiger partial charge in [-0.1, -0.05) is 13.8 Å². The summed E-state index contributed by atoms with van der Waals surface area (Å²) in [4.78, 5) is 10.7. The highest BCUT2D eigenvalue weighted by Crippen LogP contribution is 2.07. The predicted molar refractivity (Wildman–Crippen MR) is 55.9 cm³/mol. The van der Waals surface area contributed by atoms with Gasteiger partial charge in [-0.15, -0.1) is 12.4 Å². The van der Waals surface area contributed by atoms with Crippen LogP contribution in [0.2, 0.25) is 0 Å². The number of hydrogen-bond acceptors (Lipinski definition) is 3. The molecular weight excluding hydrogens is 190 g/mol. The molecule has 0 bridgehead atoms. The first-order valence-electron chi connectivity index (χ1n) is 4.40. The second kappa shape index (κ2) is 8.32. The van der Waals surface area contributed by atoms with Gasteiger partial charge >= 0.3 is 5.97 Å². The Morgan fingerprint density at radius 3 is 2.38 bits per heavy atom. The molecule has 0 aromatic rings. The predicted octanol–water partition coefficient (Wildman–Crippen LogP) is 1.73. The van der Waals surface area contributed by atoms with E-state index in [4.69, 9.17) is 5.73 Å². The smallest absolute Gasteiger partial charge is 0.305 e. The van der Waals surface area contributed by atoms with Crippen LogP contribution in [0.25, 0.3) is 0 Å². The summed E-state index contributed by atoms with van der Waals surface area (Å²) in [5, 5.41) is 0. The van der Waals surface area contributed by atoms with Crippen LogP contribution in [0.5, 0.6) is 0 Å². The van der Waals surface area contributed by atoms with Crippen molar-refractivity contribution in [3.8, 4) is 0 Å². The van der Waals surface area contributed by atoms with Crippen molar-refractivity contribution in [3.63, 3.8) is 0 Å². The highest BCUT2D eigenvalue weighted by molar-refractivity contribution is 5.85. The Morgan fingerprint density at radius 1 is 1.46 bits per heavy atom. The minimum absolute atomic E-state index is 0. The molecule has 0 saturated carbocycles. The molecule has 0 saturated heterocycles. The van der Waals surface area contributed by atoms with Gasteiger partial charge in [0.1, 0.15) is 0 Å². The zero-order valence-electron chi connectivity index (χ0n) is 8.58. The first-order chi connectivity index (χ1) is 5.57. The van der Waals surface area contributed by atoms with Crippen molar-refractivity contribution in [2.24, 2.45) is 11.7 Å². The van der Waals surface area contributed by atoms with Crippen molar-refractivity contribution in [1.29, 1.82) is 0 Å². The molecule has 0 rings (SSSR count). The molecule has 0 aromatic heterocycles. The van der Waals surface area contributed by atoms with Gasteiger partial charge in [-0.2, -0.15) is 0 Å². The van der Waals surface area contributed by atoms with Crippen molar-refractivity contribution >= 4 is 18.4 Å². The van der Waals surface area contributed by atoms with Crippen molar-refractivity contribution in [1.82, 2.24) is 0 Å². The van der Waals surface area contributed by atoms with Crippen molar-refractivity contribution in [2.75, 3.05) is 7.11 Å². The van der Waals surface area contributed by atoms with Gasteiger partial charge < -0.3 is 10.5 Å². The number of carbonyl (C=O) groups excluding carboxylic acids is 1. The molecule has 4 heteroatoms. The largest absolute Gasteiger partial charge is 0.469 e. The summed E-state index contributed by atoms with van der Waals surface area (Å²) in [6.07, 6.45) is 2.20. The van der Waals surface area contributed by atoms with Crippen LogP contribution in [-0.4, -0.2) is 19.1 Å². The van der Waals surface area contributed by atoms with E-state index in [1.807, 2.05) is 0 Å². The van der Waals surface area contributed by atoms with Crippen LogP contribution in [-0.2, 0) is 9.53 Å². The lowest BCUT2D eigenvalue weighted by Crippen LogP contribution is -2.26. The van der Waals surface area contributed by atoms with Gasteiger partial charge in [0.25, 0.3) is 0 Å². The third-order valence-electron chi connectivity index (χ3n) is 2.00. The zero-order chi connectivity index (χ0) is 9.56. The van der Waals surface area contributed by atoms with Crippen LogP contribution >= 0.6 is 12.4 Å². The average molecular weight is 210 g/mol. The van der Waals surface area contributed by atoms with Crippen LogP contribution < -0.4 is 5.73 Å². The van der Waals surface area contributed by atoms with Gasteiger partial charge in [-0.05, 0) is 18.8 Å². The minimum atomic E-state index is -0.147. The molecule has 0 spiro atoms. The highest BCUT2D eigenvalue weighted by Gasteiger charge is 2.08. The van der Waals surface area contributed by atoms with Crippen LogP contribution in [0.3, 0.4) is 0 Å². The SMILES string of the molecule is COC(=O)CCCC(N)C(C)C.Cl. The Kier molecular flexibility index (Phi) is 9.74. The van der Waals surface area contributed by atoms with Gasteiger partial charge in [0.05, 0.1) is 7.11 Å². The third kappa shape index (κ3) is 8.06. The number of esters is 1. The quantitative estimate of drug-likeness (QED) is 0.702. The molecule has 0 aliphatic heterocycles. The standard InChI is InChI=1S/C9H19NO2.ClH/c1-7(2)8(10)5-4-6-9(11)12-3;/h7-8H,4-6,10H2,1-3H3;1H. The Morgan fingerprint density at radius 2 is 2.00 bits per heavy atom. The fourth-order valence-electron chi connectivity index (χ4n) is 0.917. The van der Waals surface area contributed by atoms with Crippen molar-refractivity contribution in [3.05, 3.63) is 0 Å². The maximum Gasteiger partial charge on any atom is 0.305 e. The van der Waals surface area contributed by atoms with Gasteiger partial charge in [0.2, 0.25) is 0 Å². The van der Waals surface area contributed by atoms with E-state index in [2.05, 4.69) is 18.6 Å². The Hall–Kier alpha value is -0.280. The summed E-state index contributed by atoms with van der Waals surface area (Å²) >= 11 is 0. The van der Waals surface area contributed by atoms with Gasteiger partial charge in [-0.25, -0.2) is 0 Å². The molecule has 3 nitrogen and oxygen atoms in total. The fourth-order valence-corrected chi connectivity index (χ4v) is 0.917. The number of methoxy groups -OCH3 is 1. The summed E-state index contributed by atoms with van der Waals surface area (Å²) in [5.74, 6) is 0.341. The lowest BCUT2D eigenvalue weighted by atomic mass is 10.00. The number of hydrogen-bond donors (Lipinski definition) is 1. The number of carbonyl (C=O) groups is 1. The van der Waals surface area contributed by atoms with E-state index in [0.29, 0.717) is 12.3 Å². The molecule has 0 aromatic carbocycles.